The number of aliphatic hydroxyl groups excluding tert-OH is 1. The van der Waals surface area contributed by atoms with Crippen LogP contribution in [0.5, 0.6) is 5.75 Å². The molecule has 0 aliphatic rings. The molecule has 0 saturated carbocycles. The summed E-state index contributed by atoms with van der Waals surface area (Å²) in [5.41, 5.74) is 11.9. The highest BCUT2D eigenvalue weighted by atomic mass is 16.5. The molecule has 0 aromatic heterocycles. The molecule has 1 N–H and O–H groups in total. The largest absolute Gasteiger partial charge is 0.497 e. The van der Waals surface area contributed by atoms with Crippen LogP contribution in [-0.2, 0) is 6.61 Å². The molecule has 4 heteroatoms. The van der Waals surface area contributed by atoms with Gasteiger partial charge in [-0.05, 0) is 159 Å². The second-order valence-electron chi connectivity index (χ2n) is 14.8. The predicted molar refractivity (Wildman–Crippen MR) is 254 cm³/mol. The number of methoxy groups -OCH3 is 1. The number of fused-ring (bicyclic) bond motifs is 2. The summed E-state index contributed by atoms with van der Waals surface area (Å²) in [7, 11) is 1.69. The van der Waals surface area contributed by atoms with Crippen LogP contribution in [0.3, 0.4) is 0 Å². The van der Waals surface area contributed by atoms with E-state index in [1.807, 2.05) is 36.4 Å². The van der Waals surface area contributed by atoms with Gasteiger partial charge in [0.1, 0.15) is 5.75 Å². The zero-order valence-corrected chi connectivity index (χ0v) is 33.4. The van der Waals surface area contributed by atoms with Gasteiger partial charge < -0.3 is 19.6 Å². The van der Waals surface area contributed by atoms with Gasteiger partial charge in [-0.1, -0.05) is 121 Å². The number of hydrogen-bond acceptors (Lipinski definition) is 4. The summed E-state index contributed by atoms with van der Waals surface area (Å²) < 4.78 is 5.40. The SMILES string of the molecule is COc1ccc(N(c2ccccc2)c2ccc(C=Cc3ccc4cc5cc(C=Cc6ccc(N(c7ccccc7)c7ccc(CO)cc7)cc6)ccc5cc4c3)cc2)cc1. The Morgan fingerprint density at radius 2 is 0.717 bits per heavy atom. The van der Waals surface area contributed by atoms with Gasteiger partial charge in [0.15, 0.2) is 0 Å². The summed E-state index contributed by atoms with van der Waals surface area (Å²) in [4.78, 5) is 4.48. The Hall–Kier alpha value is -7.66. The van der Waals surface area contributed by atoms with Crippen molar-refractivity contribution in [1.29, 1.82) is 0 Å². The van der Waals surface area contributed by atoms with Gasteiger partial charge in [-0.15, -0.1) is 0 Å². The Balaban J connectivity index is 0.897. The van der Waals surface area contributed by atoms with E-state index in [9.17, 15) is 5.11 Å². The standard InChI is InChI=1S/C56H44N2O2/c1-60-56-34-32-55(33-35-56)58(51-10-6-3-7-11-51)53-28-20-42(21-29-53)13-15-44-17-25-47-38-48-36-43(16-24-46(48)39-49(47)37-44)14-12-41-18-26-52(27-19-41)57(50-8-4-2-5-9-50)54-30-22-45(40-59)23-31-54/h2-39,59H,40H2,1H3. The maximum absolute atomic E-state index is 9.56. The normalized spacial score (nSPS) is 11.4. The van der Waals surface area contributed by atoms with Gasteiger partial charge in [-0.2, -0.15) is 0 Å². The Bertz CT molecular complexity index is 2700. The Morgan fingerprint density at radius 1 is 0.367 bits per heavy atom. The minimum absolute atomic E-state index is 0.0281. The molecule has 0 atom stereocenters. The van der Waals surface area contributed by atoms with Crippen molar-refractivity contribution in [2.45, 2.75) is 6.61 Å². The molecular formula is C56H44N2O2. The number of hydrogen-bond donors (Lipinski definition) is 1. The quantitative estimate of drug-likeness (QED) is 0.0990. The Kier molecular flexibility index (Phi) is 11.0. The van der Waals surface area contributed by atoms with E-state index in [1.54, 1.807) is 7.11 Å². The Morgan fingerprint density at radius 3 is 1.12 bits per heavy atom. The van der Waals surface area contributed by atoms with Crippen molar-refractivity contribution in [3.63, 3.8) is 0 Å². The fourth-order valence-electron chi connectivity index (χ4n) is 7.63. The highest BCUT2D eigenvalue weighted by molar-refractivity contribution is 6.00. The predicted octanol–water partition coefficient (Wildman–Crippen LogP) is 14.8. The molecule has 0 heterocycles. The second kappa shape index (κ2) is 17.5. The van der Waals surface area contributed by atoms with Crippen molar-refractivity contribution in [3.8, 4) is 5.75 Å². The molecule has 0 aliphatic heterocycles. The van der Waals surface area contributed by atoms with E-state index >= 15 is 0 Å². The first kappa shape index (κ1) is 37.9. The molecule has 290 valence electrons. The average molecular weight is 777 g/mol. The van der Waals surface area contributed by atoms with Crippen LogP contribution in [0.2, 0.25) is 0 Å². The molecule has 0 radical (unpaired) electrons. The third-order valence-corrected chi connectivity index (χ3v) is 10.8. The molecule has 4 nitrogen and oxygen atoms in total. The number of ether oxygens (including phenoxy) is 1. The number of nitrogens with zero attached hydrogens (tertiary/aromatic N) is 2. The van der Waals surface area contributed by atoms with Crippen LogP contribution in [0.1, 0.15) is 27.8 Å². The first-order valence-electron chi connectivity index (χ1n) is 20.2. The molecular weight excluding hydrogens is 733 g/mol. The van der Waals surface area contributed by atoms with E-state index in [-0.39, 0.29) is 6.61 Å². The number of aliphatic hydroxyl groups is 1. The highest BCUT2D eigenvalue weighted by Crippen LogP contribution is 2.37. The average Bonchev–Trinajstić information content (AvgIpc) is 3.31. The first-order valence-corrected chi connectivity index (χ1v) is 20.2. The highest BCUT2D eigenvalue weighted by Gasteiger charge is 2.14. The summed E-state index contributed by atoms with van der Waals surface area (Å²) in [6, 6.07) is 72.2. The van der Waals surface area contributed by atoms with E-state index in [1.165, 1.54) is 21.5 Å². The molecule has 9 aromatic rings. The lowest BCUT2D eigenvalue weighted by molar-refractivity contribution is 0.282. The van der Waals surface area contributed by atoms with Crippen molar-refractivity contribution in [2.24, 2.45) is 0 Å². The van der Waals surface area contributed by atoms with Gasteiger partial charge in [0.05, 0.1) is 13.7 Å². The summed E-state index contributed by atoms with van der Waals surface area (Å²) in [6.07, 6.45) is 8.71. The van der Waals surface area contributed by atoms with E-state index in [4.69, 9.17) is 4.74 Å². The van der Waals surface area contributed by atoms with Crippen LogP contribution in [0.4, 0.5) is 34.1 Å². The van der Waals surface area contributed by atoms with Gasteiger partial charge >= 0.3 is 0 Å². The van der Waals surface area contributed by atoms with Crippen molar-refractivity contribution in [3.05, 3.63) is 234 Å². The number of anilines is 6. The van der Waals surface area contributed by atoms with Crippen LogP contribution in [0.15, 0.2) is 206 Å². The lowest BCUT2D eigenvalue weighted by atomic mass is 9.99. The zero-order valence-electron chi connectivity index (χ0n) is 33.4. The van der Waals surface area contributed by atoms with Gasteiger partial charge in [0, 0.05) is 34.1 Å². The minimum atomic E-state index is 0.0281. The van der Waals surface area contributed by atoms with Crippen LogP contribution in [0, 0.1) is 0 Å². The summed E-state index contributed by atoms with van der Waals surface area (Å²) in [5.74, 6) is 0.835. The molecule has 0 saturated heterocycles. The topological polar surface area (TPSA) is 35.9 Å². The molecule has 0 fully saturated rings. The summed E-state index contributed by atoms with van der Waals surface area (Å²) >= 11 is 0. The third kappa shape index (κ3) is 8.46. The maximum atomic E-state index is 9.56. The fraction of sp³-hybridized carbons (Fsp3) is 0.0357. The van der Waals surface area contributed by atoms with Crippen molar-refractivity contribution >= 4 is 80.0 Å². The molecule has 0 amide bonds. The fourth-order valence-corrected chi connectivity index (χ4v) is 7.63. The van der Waals surface area contributed by atoms with Crippen LogP contribution < -0.4 is 14.5 Å². The van der Waals surface area contributed by atoms with Crippen molar-refractivity contribution in [2.75, 3.05) is 16.9 Å². The molecule has 60 heavy (non-hydrogen) atoms. The lowest BCUT2D eigenvalue weighted by Crippen LogP contribution is -2.09. The molecule has 0 spiro atoms. The minimum Gasteiger partial charge on any atom is -0.497 e. The second-order valence-corrected chi connectivity index (χ2v) is 14.8. The van der Waals surface area contributed by atoms with Crippen molar-refractivity contribution < 1.29 is 9.84 Å². The van der Waals surface area contributed by atoms with E-state index in [0.717, 1.165) is 67.7 Å². The van der Waals surface area contributed by atoms with Gasteiger partial charge in [0.2, 0.25) is 0 Å². The van der Waals surface area contributed by atoms with Crippen LogP contribution >= 0.6 is 0 Å². The molecule has 0 unspecified atom stereocenters. The summed E-state index contributed by atoms with van der Waals surface area (Å²) in [5, 5.41) is 14.4. The van der Waals surface area contributed by atoms with Crippen molar-refractivity contribution in [1.82, 2.24) is 0 Å². The van der Waals surface area contributed by atoms with Gasteiger partial charge in [-0.25, -0.2) is 0 Å². The number of rotatable bonds is 12. The molecule has 0 aliphatic carbocycles. The smallest absolute Gasteiger partial charge is 0.119 e. The molecule has 9 aromatic carbocycles. The molecule has 0 bridgehead atoms. The monoisotopic (exact) mass is 776 g/mol. The van der Waals surface area contributed by atoms with E-state index < -0.39 is 0 Å². The first-order chi connectivity index (χ1) is 29.6. The number of para-hydroxylation sites is 2. The molecule has 9 rings (SSSR count). The number of benzene rings is 9. The lowest BCUT2D eigenvalue weighted by Gasteiger charge is -2.25. The summed E-state index contributed by atoms with van der Waals surface area (Å²) in [6.45, 7) is 0.0281. The van der Waals surface area contributed by atoms with Crippen LogP contribution in [-0.4, -0.2) is 12.2 Å². The maximum Gasteiger partial charge on any atom is 0.119 e. The van der Waals surface area contributed by atoms with Gasteiger partial charge in [-0.3, -0.25) is 0 Å². The Labute approximate surface area is 351 Å². The van der Waals surface area contributed by atoms with E-state index in [0.29, 0.717) is 0 Å². The third-order valence-electron chi connectivity index (χ3n) is 10.8. The van der Waals surface area contributed by atoms with Gasteiger partial charge in [0.25, 0.3) is 0 Å². The van der Waals surface area contributed by atoms with E-state index in [2.05, 4.69) is 204 Å². The van der Waals surface area contributed by atoms with Crippen LogP contribution in [0.25, 0.3) is 45.8 Å². The zero-order chi connectivity index (χ0) is 40.7.